The van der Waals surface area contributed by atoms with Crippen LogP contribution in [-0.2, 0) is 25.9 Å². The van der Waals surface area contributed by atoms with E-state index >= 15 is 0 Å². The van der Waals surface area contributed by atoms with E-state index in [1.54, 1.807) is 6.07 Å². The maximum Gasteiger partial charge on any atom is 0.419 e. The Kier molecular flexibility index (Phi) is 7.41. The molecule has 5 aliphatic rings. The molecule has 0 spiro atoms. The first-order chi connectivity index (χ1) is 21.5. The van der Waals surface area contributed by atoms with Gasteiger partial charge in [-0.2, -0.15) is 26.3 Å². The average molecular weight is 657 g/mol. The maximum atomic E-state index is 13.8. The number of aliphatic carboxylic acids is 1. The molecule has 2 heterocycles. The monoisotopic (exact) mass is 656 g/mol. The van der Waals surface area contributed by atoms with Gasteiger partial charge < -0.3 is 25.2 Å². The third-order valence-corrected chi connectivity index (χ3v) is 9.69. The zero-order valence-corrected chi connectivity index (χ0v) is 24.0. The largest absolute Gasteiger partial charge is 0.496 e. The molecule has 3 aliphatic carbocycles. The Morgan fingerprint density at radius 3 is 2.33 bits per heavy atom. The second-order valence-corrected chi connectivity index (χ2v) is 12.3. The number of methoxy groups -OCH3 is 1. The van der Waals surface area contributed by atoms with Crippen molar-refractivity contribution < 1.29 is 59.7 Å². The van der Waals surface area contributed by atoms with Gasteiger partial charge in [0.2, 0.25) is 5.91 Å². The lowest BCUT2D eigenvalue weighted by Gasteiger charge is -2.42. The van der Waals surface area contributed by atoms with E-state index in [-0.39, 0.29) is 55.3 Å². The Morgan fingerprint density at radius 2 is 1.72 bits per heavy atom. The normalized spacial score (nSPS) is 30.7. The number of ether oxygens (including phenoxy) is 2. The second kappa shape index (κ2) is 10.7. The molecule has 5 fully saturated rings. The summed E-state index contributed by atoms with van der Waals surface area (Å²) in [6, 6.07) is 5.31. The van der Waals surface area contributed by atoms with E-state index in [0.29, 0.717) is 17.7 Å². The van der Waals surface area contributed by atoms with E-state index in [1.807, 2.05) is 0 Å². The van der Waals surface area contributed by atoms with Crippen LogP contribution in [0.2, 0.25) is 0 Å². The molecular weight excluding hydrogens is 629 g/mol. The minimum atomic E-state index is -5.07. The molecule has 2 saturated heterocycles. The van der Waals surface area contributed by atoms with Gasteiger partial charge in [0, 0.05) is 29.1 Å². The van der Waals surface area contributed by atoms with E-state index in [9.17, 15) is 50.2 Å². The van der Waals surface area contributed by atoms with Crippen LogP contribution in [0.5, 0.6) is 5.75 Å². The van der Waals surface area contributed by atoms with Crippen LogP contribution in [0, 0.1) is 23.6 Å². The van der Waals surface area contributed by atoms with Crippen molar-refractivity contribution in [3.05, 3.63) is 70.6 Å². The van der Waals surface area contributed by atoms with Crippen LogP contribution >= 0.6 is 0 Å². The summed E-state index contributed by atoms with van der Waals surface area (Å²) in [6.45, 7) is 0.104. The van der Waals surface area contributed by atoms with Gasteiger partial charge in [-0.25, -0.2) is 9.18 Å². The van der Waals surface area contributed by atoms with Crippen molar-refractivity contribution in [3.8, 4) is 5.75 Å². The molecule has 8 nitrogen and oxygen atoms in total. The summed E-state index contributed by atoms with van der Waals surface area (Å²) in [6.07, 6.45) is -8.95. The highest BCUT2D eigenvalue weighted by Crippen LogP contribution is 2.59. The van der Waals surface area contributed by atoms with E-state index in [1.165, 1.54) is 19.2 Å². The number of amides is 2. The fourth-order valence-electron chi connectivity index (χ4n) is 7.69. The zero-order chi connectivity index (χ0) is 33.4. The molecule has 2 unspecified atom stereocenters. The van der Waals surface area contributed by atoms with Crippen molar-refractivity contribution in [2.75, 3.05) is 19.0 Å². The summed E-state index contributed by atoms with van der Waals surface area (Å²) >= 11 is 0. The number of carbonyl (C=O) groups excluding carboxylic acids is 2. The highest BCUT2D eigenvalue weighted by atomic mass is 19.4. The zero-order valence-electron chi connectivity index (χ0n) is 24.0. The number of carboxylic acids is 1. The Hall–Kier alpha value is -4.14. The third kappa shape index (κ3) is 5.27. The summed E-state index contributed by atoms with van der Waals surface area (Å²) in [5.74, 6) is -7.43. The molecule has 7 rings (SSSR count). The number of carboxylic acid groups (broad SMARTS) is 1. The summed E-state index contributed by atoms with van der Waals surface area (Å²) in [5, 5.41) is 14.5. The number of carbonyl (C=O) groups is 3. The number of allylic oxidation sites excluding steroid dienone is 1. The standard InChI is InChI=1S/C31H27F7N2O6/c1-45-22-7-2-14(28-11-29(12-28,27(43)44)46-13-28)8-18(22)25(41)40-24-17-5-4-16(19(17)10-30(33,34)35)23(24)26(42)39-15-3-6-21(32)20(9-15)31(36,37)38/h2-3,6-10,16-17,23-24H,4-5,11-13H2,1H3,(H,39,42)(H,40,41)(H,43,44)/b19-10-/t16?,17?,23-,24+,28?,29?/m0/s1. The molecule has 2 amide bonds. The maximum absolute atomic E-state index is 13.8. The number of hydrogen-bond donors (Lipinski definition) is 3. The van der Waals surface area contributed by atoms with Crippen molar-refractivity contribution in [3.63, 3.8) is 0 Å². The Balaban J connectivity index is 1.30. The van der Waals surface area contributed by atoms with Crippen LogP contribution in [0.15, 0.2) is 48.0 Å². The van der Waals surface area contributed by atoms with Gasteiger partial charge in [-0.1, -0.05) is 11.6 Å². The predicted octanol–water partition coefficient (Wildman–Crippen LogP) is 5.62. The van der Waals surface area contributed by atoms with E-state index < -0.39 is 82.0 Å². The number of halogens is 7. The molecule has 2 aliphatic heterocycles. The van der Waals surface area contributed by atoms with E-state index in [0.717, 1.165) is 6.07 Å². The highest BCUT2D eigenvalue weighted by Gasteiger charge is 2.67. The van der Waals surface area contributed by atoms with Gasteiger partial charge in [-0.05, 0) is 67.5 Å². The van der Waals surface area contributed by atoms with E-state index in [4.69, 9.17) is 9.47 Å². The Bertz CT molecular complexity index is 1650. The van der Waals surface area contributed by atoms with Crippen LogP contribution in [0.25, 0.3) is 0 Å². The summed E-state index contributed by atoms with van der Waals surface area (Å²) in [5.41, 5.74) is -3.53. The lowest BCUT2D eigenvalue weighted by atomic mass is 9.59. The first-order valence-electron chi connectivity index (χ1n) is 14.3. The summed E-state index contributed by atoms with van der Waals surface area (Å²) < 4.78 is 105. The molecule has 246 valence electrons. The molecule has 46 heavy (non-hydrogen) atoms. The third-order valence-electron chi connectivity index (χ3n) is 9.69. The van der Waals surface area contributed by atoms with Crippen molar-refractivity contribution in [2.24, 2.45) is 17.8 Å². The van der Waals surface area contributed by atoms with Gasteiger partial charge in [-0.15, -0.1) is 0 Å². The number of nitrogens with one attached hydrogen (secondary N) is 2. The SMILES string of the molecule is COc1ccc(C23COC(C(=O)O)(C2)C3)cc1C(=O)N[C@@H]1C2CCC(/C2=C/C(F)(F)F)[C@@H]1C(=O)Nc1ccc(F)c(C(F)(F)F)c1. The molecule has 4 bridgehead atoms. The van der Waals surface area contributed by atoms with Gasteiger partial charge in [0.05, 0.1) is 30.8 Å². The average Bonchev–Trinajstić information content (AvgIpc) is 3.71. The van der Waals surface area contributed by atoms with Crippen molar-refractivity contribution >= 4 is 23.5 Å². The Labute approximate surface area is 256 Å². The molecule has 3 N–H and O–H groups in total. The molecule has 2 aromatic rings. The number of alkyl halides is 6. The molecule has 15 heteroatoms. The minimum absolute atomic E-state index is 0.00858. The summed E-state index contributed by atoms with van der Waals surface area (Å²) in [7, 11) is 1.30. The fourth-order valence-corrected chi connectivity index (χ4v) is 7.69. The van der Waals surface area contributed by atoms with Crippen LogP contribution in [0.3, 0.4) is 0 Å². The topological polar surface area (TPSA) is 114 Å². The van der Waals surface area contributed by atoms with Gasteiger partial charge in [0.25, 0.3) is 5.91 Å². The van der Waals surface area contributed by atoms with Crippen LogP contribution in [0.1, 0.15) is 47.2 Å². The molecule has 0 aromatic heterocycles. The first-order valence-corrected chi connectivity index (χ1v) is 14.3. The Morgan fingerprint density at radius 1 is 1.02 bits per heavy atom. The molecular formula is C31H27F7N2O6. The van der Waals surface area contributed by atoms with Gasteiger partial charge >= 0.3 is 18.3 Å². The predicted molar refractivity (Wildman–Crippen MR) is 145 cm³/mol. The lowest BCUT2D eigenvalue weighted by Crippen LogP contribution is -2.52. The fraction of sp³-hybridized carbons (Fsp3) is 0.452. The van der Waals surface area contributed by atoms with Gasteiger partial charge in [-0.3, -0.25) is 9.59 Å². The van der Waals surface area contributed by atoms with Crippen LogP contribution in [-0.4, -0.2) is 54.4 Å². The molecule has 0 radical (unpaired) electrons. The number of hydrogen-bond acceptors (Lipinski definition) is 5. The minimum Gasteiger partial charge on any atom is -0.496 e. The van der Waals surface area contributed by atoms with E-state index in [2.05, 4.69) is 10.6 Å². The van der Waals surface area contributed by atoms with Crippen LogP contribution < -0.4 is 15.4 Å². The first kappa shape index (κ1) is 31.8. The number of fused-ring (bicyclic) bond motifs is 3. The quantitative estimate of drug-likeness (QED) is 0.264. The highest BCUT2D eigenvalue weighted by molar-refractivity contribution is 5.99. The summed E-state index contributed by atoms with van der Waals surface area (Å²) in [4.78, 5) is 39.0. The van der Waals surface area contributed by atoms with Crippen molar-refractivity contribution in [2.45, 2.75) is 55.1 Å². The van der Waals surface area contributed by atoms with Gasteiger partial charge in [0.15, 0.2) is 5.60 Å². The molecule has 3 saturated carbocycles. The van der Waals surface area contributed by atoms with Crippen molar-refractivity contribution in [1.82, 2.24) is 5.32 Å². The molecule has 4 atom stereocenters. The second-order valence-electron chi connectivity index (χ2n) is 12.3. The van der Waals surface area contributed by atoms with Crippen molar-refractivity contribution in [1.29, 1.82) is 0 Å². The number of anilines is 1. The number of benzene rings is 2. The molecule has 2 aromatic carbocycles. The number of rotatable bonds is 7. The lowest BCUT2D eigenvalue weighted by molar-refractivity contribution is -0.162. The van der Waals surface area contributed by atoms with Gasteiger partial charge in [0.1, 0.15) is 11.6 Å². The van der Waals surface area contributed by atoms with Crippen LogP contribution in [0.4, 0.5) is 36.4 Å². The smallest absolute Gasteiger partial charge is 0.419 e.